The minimum Gasteiger partial charge on any atom is -0.460 e. The van der Waals surface area contributed by atoms with E-state index in [2.05, 4.69) is 30.7 Å². The highest BCUT2D eigenvalue weighted by Gasteiger charge is 2.27. The summed E-state index contributed by atoms with van der Waals surface area (Å²) >= 11 is 2.38. The Hall–Kier alpha value is -3.67. The Morgan fingerprint density at radius 1 is 1.02 bits per heavy atom. The molecule has 0 amide bonds. The van der Waals surface area contributed by atoms with Crippen LogP contribution in [0.5, 0.6) is 0 Å². The van der Waals surface area contributed by atoms with Gasteiger partial charge in [0.25, 0.3) is 5.56 Å². The first kappa shape index (κ1) is 40.5. The Balaban J connectivity index is 0.000000489. The number of para-hydroxylation sites is 1. The van der Waals surface area contributed by atoms with E-state index in [-0.39, 0.29) is 28.0 Å². The number of benzene rings is 1. The van der Waals surface area contributed by atoms with Crippen molar-refractivity contribution in [1.82, 2.24) is 14.5 Å². The van der Waals surface area contributed by atoms with Gasteiger partial charge in [0.15, 0.2) is 16.5 Å². The van der Waals surface area contributed by atoms with Crippen molar-refractivity contribution < 1.29 is 13.9 Å². The number of hydrogen-bond donors (Lipinski definition) is 1. The molecule has 0 aliphatic carbocycles. The maximum atomic E-state index is 13.3. The van der Waals surface area contributed by atoms with Gasteiger partial charge in [-0.25, -0.2) is 14.3 Å². The number of rotatable bonds is 11. The van der Waals surface area contributed by atoms with Crippen LogP contribution >= 0.6 is 22.7 Å². The van der Waals surface area contributed by atoms with Crippen LogP contribution < -0.4 is 16.7 Å². The Kier molecular flexibility index (Phi) is 16.9. The molecule has 262 valence electrons. The van der Waals surface area contributed by atoms with Crippen molar-refractivity contribution in [2.75, 3.05) is 13.2 Å². The van der Waals surface area contributed by atoms with Gasteiger partial charge in [0, 0.05) is 36.1 Å². The highest BCUT2D eigenvalue weighted by atomic mass is 32.1. The molecule has 0 saturated heterocycles. The molecule has 0 saturated carbocycles. The second-order valence-corrected chi connectivity index (χ2v) is 12.8. The molecule has 5 aromatic rings. The summed E-state index contributed by atoms with van der Waals surface area (Å²) in [5.74, 6) is 0.823. The van der Waals surface area contributed by atoms with E-state index in [1.807, 2.05) is 41.5 Å². The van der Waals surface area contributed by atoms with Gasteiger partial charge in [0.2, 0.25) is 5.43 Å². The van der Waals surface area contributed by atoms with Crippen molar-refractivity contribution in [2.24, 2.45) is 11.8 Å². The van der Waals surface area contributed by atoms with Crippen molar-refractivity contribution in [1.29, 1.82) is 0 Å². The molecule has 2 unspecified atom stereocenters. The van der Waals surface area contributed by atoms with Crippen LogP contribution in [0.2, 0.25) is 0 Å². The summed E-state index contributed by atoms with van der Waals surface area (Å²) in [6.45, 7) is 21.9. The van der Waals surface area contributed by atoms with Gasteiger partial charge in [-0.1, -0.05) is 92.2 Å². The molecule has 5 rings (SSSR count). The molecule has 9 nitrogen and oxygen atoms in total. The topological polar surface area (TPSA) is 124 Å². The minimum absolute atomic E-state index is 0.155. The zero-order valence-corrected chi connectivity index (χ0v) is 31.7. The van der Waals surface area contributed by atoms with E-state index in [4.69, 9.17) is 9.15 Å². The SMILES string of the molecule is CC.CC.CCC(C)C(=O)c1nc(-n2c(=O)[nH]c(=O)c3ccccc32)sc1-c1csc2c(=O)cc(C)oc12.CCCOCCC(C)CC. The number of nitrogens with one attached hydrogen (secondary N) is 1. The number of carbonyl (C=O) groups is 1. The standard InChI is InChI=1S/C24H19N3O5S2.C9H20O.2C2H6/c1-4-11(2)18(29)17-20(14-10-33-21-16(28)9-12(3)32-19(14)21)34-24(25-17)27-15-8-6-5-7-13(15)22(30)26-23(27)31;1-4-7-10-8-6-9(3)5-2;2*1-2/h5-11H,4H2,1-3H3,(H,26,30,31);9H,4-8H2,1-3H3;2*1-2H3. The maximum Gasteiger partial charge on any atom is 0.335 e. The van der Waals surface area contributed by atoms with E-state index in [0.717, 1.165) is 36.9 Å². The lowest BCUT2D eigenvalue weighted by Gasteiger charge is -2.07. The third kappa shape index (κ3) is 9.70. The van der Waals surface area contributed by atoms with Crippen LogP contribution in [0.1, 0.15) is 104 Å². The van der Waals surface area contributed by atoms with Gasteiger partial charge in [0.05, 0.1) is 15.8 Å². The number of Topliss-reactive ketones (excluding diaryl/α,β-unsaturated/α-hetero) is 1. The average Bonchev–Trinajstić information content (AvgIpc) is 3.72. The zero-order valence-electron chi connectivity index (χ0n) is 30.0. The summed E-state index contributed by atoms with van der Waals surface area (Å²) < 4.78 is 13.0. The largest absolute Gasteiger partial charge is 0.460 e. The molecule has 2 atom stereocenters. The van der Waals surface area contributed by atoms with Crippen LogP contribution in [-0.2, 0) is 4.74 Å². The van der Waals surface area contributed by atoms with Crippen LogP contribution in [0.15, 0.2) is 54.5 Å². The Labute approximate surface area is 291 Å². The first-order valence-corrected chi connectivity index (χ1v) is 18.7. The van der Waals surface area contributed by atoms with Crippen molar-refractivity contribution in [3.05, 3.63) is 78.2 Å². The normalized spacial score (nSPS) is 11.9. The van der Waals surface area contributed by atoms with Crippen molar-refractivity contribution in [3.63, 3.8) is 0 Å². The highest BCUT2D eigenvalue weighted by Crippen LogP contribution is 2.40. The molecule has 0 radical (unpaired) electrons. The number of thiazole rings is 1. The lowest BCUT2D eigenvalue weighted by molar-refractivity contribution is 0.0923. The zero-order chi connectivity index (χ0) is 36.0. The molecule has 48 heavy (non-hydrogen) atoms. The fourth-order valence-corrected chi connectivity index (χ4v) is 6.57. The van der Waals surface area contributed by atoms with Crippen LogP contribution in [0.3, 0.4) is 0 Å². The molecule has 1 aromatic carbocycles. The van der Waals surface area contributed by atoms with Gasteiger partial charge in [-0.2, -0.15) is 0 Å². The van der Waals surface area contributed by atoms with Gasteiger partial charge >= 0.3 is 5.69 Å². The first-order chi connectivity index (χ1) is 23.1. The number of aryl methyl sites for hydroxylation is 1. The average molecular weight is 698 g/mol. The first-order valence-electron chi connectivity index (χ1n) is 17.0. The van der Waals surface area contributed by atoms with Gasteiger partial charge in [-0.3, -0.25) is 19.4 Å². The molecular formula is C37H51N3O6S2. The molecule has 4 heterocycles. The number of nitrogens with zero attached hydrogens (tertiary/aromatic N) is 2. The molecular weight excluding hydrogens is 647 g/mol. The molecule has 4 aromatic heterocycles. The van der Waals surface area contributed by atoms with Crippen LogP contribution in [0.4, 0.5) is 0 Å². The van der Waals surface area contributed by atoms with Crippen molar-refractivity contribution in [3.8, 4) is 15.6 Å². The fourth-order valence-electron chi connectivity index (χ4n) is 4.50. The lowest BCUT2D eigenvalue weighted by atomic mass is 9.99. The summed E-state index contributed by atoms with van der Waals surface area (Å²) in [6.07, 6.45) is 4.25. The highest BCUT2D eigenvalue weighted by molar-refractivity contribution is 7.20. The van der Waals surface area contributed by atoms with E-state index in [9.17, 15) is 19.2 Å². The molecule has 0 aliphatic heterocycles. The van der Waals surface area contributed by atoms with Gasteiger partial charge in [0.1, 0.15) is 16.2 Å². The summed E-state index contributed by atoms with van der Waals surface area (Å²) in [7, 11) is 0. The number of hydrogen-bond acceptors (Lipinski definition) is 9. The molecule has 1 N–H and O–H groups in total. The number of thiophene rings is 1. The van der Waals surface area contributed by atoms with E-state index in [0.29, 0.717) is 43.8 Å². The number of aromatic nitrogens is 3. The van der Waals surface area contributed by atoms with Gasteiger partial charge < -0.3 is 9.15 Å². The number of ketones is 1. The number of carbonyl (C=O) groups excluding carboxylic acids is 1. The van der Waals surface area contributed by atoms with Gasteiger partial charge in [-0.15, -0.1) is 11.3 Å². The second kappa shape index (κ2) is 20.0. The van der Waals surface area contributed by atoms with Crippen LogP contribution in [-0.4, -0.2) is 33.5 Å². The number of ether oxygens (including phenoxy) is 1. The molecule has 11 heteroatoms. The molecule has 0 bridgehead atoms. The molecule has 0 aliphatic rings. The van der Waals surface area contributed by atoms with E-state index in [1.165, 1.54) is 34.8 Å². The van der Waals surface area contributed by atoms with Crippen LogP contribution in [0, 0.1) is 18.8 Å². The summed E-state index contributed by atoms with van der Waals surface area (Å²) in [5, 5.41) is 2.35. The third-order valence-corrected chi connectivity index (χ3v) is 9.57. The van der Waals surface area contributed by atoms with Crippen molar-refractivity contribution >= 4 is 49.6 Å². The second-order valence-electron chi connectivity index (χ2n) is 10.9. The van der Waals surface area contributed by atoms with Gasteiger partial charge in [-0.05, 0) is 44.2 Å². The maximum absolute atomic E-state index is 13.3. The number of fused-ring (bicyclic) bond motifs is 2. The lowest BCUT2D eigenvalue weighted by Crippen LogP contribution is -2.29. The Bertz CT molecular complexity index is 1930. The summed E-state index contributed by atoms with van der Waals surface area (Å²) in [6, 6.07) is 8.14. The number of aromatic amines is 1. The Morgan fingerprint density at radius 2 is 1.71 bits per heavy atom. The van der Waals surface area contributed by atoms with E-state index >= 15 is 0 Å². The quantitative estimate of drug-likeness (QED) is 0.108. The predicted octanol–water partition coefficient (Wildman–Crippen LogP) is 9.41. The Morgan fingerprint density at radius 3 is 2.35 bits per heavy atom. The molecule has 0 fully saturated rings. The minimum atomic E-state index is -0.649. The molecule has 0 spiro atoms. The summed E-state index contributed by atoms with van der Waals surface area (Å²) in [5.41, 5.74) is 0.268. The van der Waals surface area contributed by atoms with Crippen molar-refractivity contribution in [2.45, 2.75) is 94.9 Å². The number of H-pyrrole nitrogens is 1. The van der Waals surface area contributed by atoms with E-state index < -0.39 is 11.2 Å². The predicted molar refractivity (Wildman–Crippen MR) is 202 cm³/mol. The van der Waals surface area contributed by atoms with Crippen LogP contribution in [0.25, 0.3) is 36.8 Å². The summed E-state index contributed by atoms with van der Waals surface area (Å²) in [4.78, 5) is 58.4. The smallest absolute Gasteiger partial charge is 0.335 e. The third-order valence-electron chi connectivity index (χ3n) is 7.53. The monoisotopic (exact) mass is 697 g/mol. The fraction of sp³-hybridized carbons (Fsp3) is 0.486. The van der Waals surface area contributed by atoms with E-state index in [1.54, 1.807) is 36.6 Å².